The third kappa shape index (κ3) is 2.88. The van der Waals surface area contributed by atoms with Gasteiger partial charge in [-0.2, -0.15) is 0 Å². The first-order valence-corrected chi connectivity index (χ1v) is 8.07. The Morgan fingerprint density at radius 1 is 1.14 bits per heavy atom. The Balaban J connectivity index is 1.91. The van der Waals surface area contributed by atoms with Crippen molar-refractivity contribution in [3.8, 4) is 5.75 Å². The smallest absolute Gasteiger partial charge is 0.194 e. The van der Waals surface area contributed by atoms with Crippen LogP contribution < -0.4 is 4.74 Å². The normalized spacial score (nSPS) is 13.0. The monoisotopic (exact) mass is 344 g/mol. The zero-order chi connectivity index (χ0) is 14.8. The highest BCUT2D eigenvalue weighted by Gasteiger charge is 2.17. The van der Waals surface area contributed by atoms with E-state index in [1.54, 1.807) is 0 Å². The lowest BCUT2D eigenvalue weighted by Crippen LogP contribution is -2.04. The number of fused-ring (bicyclic) bond motifs is 1. The van der Waals surface area contributed by atoms with Crippen molar-refractivity contribution >= 4 is 21.7 Å². The Bertz CT molecular complexity index is 692. The van der Waals surface area contributed by atoms with Crippen LogP contribution in [0.1, 0.15) is 40.4 Å². The van der Waals surface area contributed by atoms with Crippen LogP contribution in [0, 0.1) is 0 Å². The summed E-state index contributed by atoms with van der Waals surface area (Å²) >= 11 is 3.48. The molecule has 0 aromatic heterocycles. The van der Waals surface area contributed by atoms with Crippen molar-refractivity contribution in [3.63, 3.8) is 0 Å². The van der Waals surface area contributed by atoms with E-state index in [2.05, 4.69) is 22.0 Å². The number of carbonyl (C=O) groups excluding carboxylic acids is 1. The molecule has 0 atom stereocenters. The van der Waals surface area contributed by atoms with Gasteiger partial charge in [-0.15, -0.1) is 0 Å². The number of benzene rings is 2. The highest BCUT2D eigenvalue weighted by molar-refractivity contribution is 9.10. The second kappa shape index (κ2) is 6.02. The first-order valence-electron chi connectivity index (χ1n) is 7.28. The molecule has 0 bridgehead atoms. The molecule has 0 heterocycles. The van der Waals surface area contributed by atoms with Crippen LogP contribution in [0.4, 0.5) is 0 Å². The molecule has 0 saturated carbocycles. The molecule has 0 fully saturated rings. The van der Waals surface area contributed by atoms with E-state index in [-0.39, 0.29) is 5.78 Å². The summed E-state index contributed by atoms with van der Waals surface area (Å²) in [6.07, 6.45) is 3.41. The molecular formula is C18H17BrO2. The highest BCUT2D eigenvalue weighted by Crippen LogP contribution is 2.28. The minimum Gasteiger partial charge on any atom is -0.494 e. The molecular weight excluding hydrogens is 328 g/mol. The van der Waals surface area contributed by atoms with Crippen LogP contribution in [0.3, 0.4) is 0 Å². The van der Waals surface area contributed by atoms with E-state index in [4.69, 9.17) is 4.74 Å². The fraction of sp³-hybridized carbons (Fsp3) is 0.278. The van der Waals surface area contributed by atoms with Crippen LogP contribution in [-0.2, 0) is 12.8 Å². The summed E-state index contributed by atoms with van der Waals surface area (Å²) in [5.41, 5.74) is 4.15. The van der Waals surface area contributed by atoms with Crippen LogP contribution in [0.2, 0.25) is 0 Å². The van der Waals surface area contributed by atoms with Gasteiger partial charge in [0.1, 0.15) is 5.75 Å². The van der Waals surface area contributed by atoms with E-state index >= 15 is 0 Å². The Morgan fingerprint density at radius 2 is 1.95 bits per heavy atom. The second-order valence-electron chi connectivity index (χ2n) is 5.24. The summed E-state index contributed by atoms with van der Waals surface area (Å²) in [4.78, 5) is 12.7. The zero-order valence-electron chi connectivity index (χ0n) is 12.0. The fourth-order valence-electron chi connectivity index (χ4n) is 2.80. The largest absolute Gasteiger partial charge is 0.494 e. The van der Waals surface area contributed by atoms with Crippen molar-refractivity contribution in [2.24, 2.45) is 0 Å². The maximum atomic E-state index is 12.7. The van der Waals surface area contributed by atoms with Gasteiger partial charge >= 0.3 is 0 Å². The maximum absolute atomic E-state index is 12.7. The van der Waals surface area contributed by atoms with Crippen molar-refractivity contribution in [2.45, 2.75) is 26.2 Å². The van der Waals surface area contributed by atoms with Crippen molar-refractivity contribution < 1.29 is 9.53 Å². The van der Waals surface area contributed by atoms with Gasteiger partial charge in [0.25, 0.3) is 0 Å². The Morgan fingerprint density at radius 3 is 2.71 bits per heavy atom. The Hall–Kier alpha value is -1.61. The number of halogens is 1. The number of aryl methyl sites for hydroxylation is 2. The highest BCUT2D eigenvalue weighted by atomic mass is 79.9. The molecule has 0 radical (unpaired) electrons. The minimum atomic E-state index is 0.0552. The van der Waals surface area contributed by atoms with Crippen LogP contribution in [0.25, 0.3) is 0 Å². The van der Waals surface area contributed by atoms with Crippen LogP contribution in [-0.4, -0.2) is 12.4 Å². The number of hydrogen-bond acceptors (Lipinski definition) is 2. The summed E-state index contributed by atoms with van der Waals surface area (Å²) in [7, 11) is 0. The average Bonchev–Trinajstić information content (AvgIpc) is 2.94. The number of rotatable bonds is 4. The molecule has 0 amide bonds. The first kappa shape index (κ1) is 14.3. The molecule has 0 saturated heterocycles. The van der Waals surface area contributed by atoms with E-state index in [0.29, 0.717) is 12.2 Å². The molecule has 1 aliphatic carbocycles. The average molecular weight is 345 g/mol. The fourth-order valence-corrected chi connectivity index (χ4v) is 3.34. The molecule has 2 aromatic rings. The minimum absolute atomic E-state index is 0.0552. The standard InChI is InChI=1S/C18H17BrO2/c1-2-21-15-8-9-16(17(19)11-15)18(20)14-7-6-12-4-3-5-13(12)10-14/h6-11H,2-5H2,1H3. The van der Waals surface area contributed by atoms with Gasteiger partial charge < -0.3 is 4.74 Å². The van der Waals surface area contributed by atoms with E-state index in [9.17, 15) is 4.79 Å². The summed E-state index contributed by atoms with van der Waals surface area (Å²) in [5, 5.41) is 0. The van der Waals surface area contributed by atoms with E-state index in [1.165, 1.54) is 17.5 Å². The van der Waals surface area contributed by atoms with Gasteiger partial charge in [-0.25, -0.2) is 0 Å². The lowest BCUT2D eigenvalue weighted by molar-refractivity contribution is 0.103. The van der Waals surface area contributed by atoms with Gasteiger partial charge in [0.05, 0.1) is 6.61 Å². The predicted octanol–water partition coefficient (Wildman–Crippen LogP) is 4.57. The second-order valence-corrected chi connectivity index (χ2v) is 6.10. The molecule has 3 heteroatoms. The predicted molar refractivity (Wildman–Crippen MR) is 87.2 cm³/mol. The molecule has 0 N–H and O–H groups in total. The van der Waals surface area contributed by atoms with E-state index < -0.39 is 0 Å². The van der Waals surface area contributed by atoms with Gasteiger partial charge in [-0.3, -0.25) is 4.79 Å². The lowest BCUT2D eigenvalue weighted by atomic mass is 9.99. The molecule has 3 rings (SSSR count). The molecule has 2 aromatic carbocycles. The van der Waals surface area contributed by atoms with Gasteiger partial charge in [-0.1, -0.05) is 12.1 Å². The third-order valence-electron chi connectivity index (χ3n) is 3.86. The molecule has 0 unspecified atom stereocenters. The van der Waals surface area contributed by atoms with Crippen LogP contribution >= 0.6 is 15.9 Å². The number of hydrogen-bond donors (Lipinski definition) is 0. The van der Waals surface area contributed by atoms with E-state index in [0.717, 1.165) is 28.6 Å². The third-order valence-corrected chi connectivity index (χ3v) is 4.51. The molecule has 108 valence electrons. The first-order chi connectivity index (χ1) is 10.2. The summed E-state index contributed by atoms with van der Waals surface area (Å²) in [6.45, 7) is 2.56. The number of ether oxygens (including phenoxy) is 1. The summed E-state index contributed by atoms with van der Waals surface area (Å²) < 4.78 is 6.22. The van der Waals surface area contributed by atoms with Crippen LogP contribution in [0.5, 0.6) is 5.75 Å². The molecule has 1 aliphatic rings. The molecule has 2 nitrogen and oxygen atoms in total. The van der Waals surface area contributed by atoms with Gasteiger partial charge in [0.2, 0.25) is 0 Å². The lowest BCUT2D eigenvalue weighted by Gasteiger charge is -2.08. The van der Waals surface area contributed by atoms with Gasteiger partial charge in [-0.05, 0) is 77.5 Å². The number of carbonyl (C=O) groups is 1. The Kier molecular flexibility index (Phi) is 4.11. The number of ketones is 1. The van der Waals surface area contributed by atoms with Crippen molar-refractivity contribution in [1.29, 1.82) is 0 Å². The van der Waals surface area contributed by atoms with Crippen molar-refractivity contribution in [3.05, 3.63) is 63.1 Å². The summed E-state index contributed by atoms with van der Waals surface area (Å²) in [6, 6.07) is 11.6. The van der Waals surface area contributed by atoms with Gasteiger partial charge in [0.15, 0.2) is 5.78 Å². The SMILES string of the molecule is CCOc1ccc(C(=O)c2ccc3c(c2)CCC3)c(Br)c1. The van der Waals surface area contributed by atoms with Crippen molar-refractivity contribution in [1.82, 2.24) is 0 Å². The topological polar surface area (TPSA) is 26.3 Å². The molecule has 0 aliphatic heterocycles. The van der Waals surface area contributed by atoms with Crippen molar-refractivity contribution in [2.75, 3.05) is 6.61 Å². The maximum Gasteiger partial charge on any atom is 0.194 e. The summed E-state index contributed by atoms with van der Waals surface area (Å²) in [5.74, 6) is 0.828. The van der Waals surface area contributed by atoms with Gasteiger partial charge in [0, 0.05) is 15.6 Å². The molecule has 21 heavy (non-hydrogen) atoms. The Labute approximate surface area is 133 Å². The van der Waals surface area contributed by atoms with Crippen LogP contribution in [0.15, 0.2) is 40.9 Å². The zero-order valence-corrected chi connectivity index (χ0v) is 13.6. The quantitative estimate of drug-likeness (QED) is 0.759. The van der Waals surface area contributed by atoms with E-state index in [1.807, 2.05) is 37.3 Å². The molecule has 0 spiro atoms.